The lowest BCUT2D eigenvalue weighted by Gasteiger charge is -2.11. The van der Waals surface area contributed by atoms with E-state index in [2.05, 4.69) is 16.6 Å². The standard InChI is InChI=1S/C10H16N2O3/c1-3-5-8(10(14)15)12-9(13)7-11-6-4-2/h1,8,11H,4-7H2,2H3,(H,12,13)(H,14,15). The van der Waals surface area contributed by atoms with Crippen LogP contribution < -0.4 is 10.6 Å². The molecule has 0 saturated carbocycles. The van der Waals surface area contributed by atoms with Gasteiger partial charge in [-0.05, 0) is 13.0 Å². The summed E-state index contributed by atoms with van der Waals surface area (Å²) in [5.74, 6) is 0.736. The highest BCUT2D eigenvalue weighted by molar-refractivity contribution is 5.84. The van der Waals surface area contributed by atoms with Crippen molar-refractivity contribution < 1.29 is 14.7 Å². The van der Waals surface area contributed by atoms with Crippen molar-refractivity contribution in [1.29, 1.82) is 0 Å². The Morgan fingerprint density at radius 2 is 2.20 bits per heavy atom. The lowest BCUT2D eigenvalue weighted by atomic mass is 10.2. The molecule has 0 radical (unpaired) electrons. The largest absolute Gasteiger partial charge is 0.480 e. The van der Waals surface area contributed by atoms with Crippen molar-refractivity contribution >= 4 is 11.9 Å². The van der Waals surface area contributed by atoms with Gasteiger partial charge in [0.25, 0.3) is 0 Å². The minimum Gasteiger partial charge on any atom is -0.480 e. The number of terminal acetylenes is 1. The number of nitrogens with one attached hydrogen (secondary N) is 2. The van der Waals surface area contributed by atoms with Gasteiger partial charge in [-0.25, -0.2) is 4.79 Å². The van der Waals surface area contributed by atoms with Crippen molar-refractivity contribution in [3.05, 3.63) is 0 Å². The molecule has 1 atom stereocenters. The lowest BCUT2D eigenvalue weighted by Crippen LogP contribution is -2.44. The normalized spacial score (nSPS) is 11.5. The summed E-state index contributed by atoms with van der Waals surface area (Å²) in [5, 5.41) is 13.9. The maximum Gasteiger partial charge on any atom is 0.327 e. The van der Waals surface area contributed by atoms with Crippen LogP contribution in [0.15, 0.2) is 0 Å². The van der Waals surface area contributed by atoms with Gasteiger partial charge in [-0.3, -0.25) is 4.79 Å². The van der Waals surface area contributed by atoms with E-state index in [1.165, 1.54) is 0 Å². The van der Waals surface area contributed by atoms with Crippen LogP contribution in [-0.2, 0) is 9.59 Å². The Hall–Kier alpha value is -1.54. The molecule has 5 heteroatoms. The highest BCUT2D eigenvalue weighted by Gasteiger charge is 2.17. The summed E-state index contributed by atoms with van der Waals surface area (Å²) in [7, 11) is 0. The molecule has 0 aliphatic heterocycles. The second-order valence-electron chi connectivity index (χ2n) is 3.04. The Bertz CT molecular complexity index is 258. The van der Waals surface area contributed by atoms with Crippen molar-refractivity contribution in [1.82, 2.24) is 10.6 Å². The van der Waals surface area contributed by atoms with E-state index >= 15 is 0 Å². The van der Waals surface area contributed by atoms with Gasteiger partial charge in [0.2, 0.25) is 5.91 Å². The van der Waals surface area contributed by atoms with Gasteiger partial charge in [0.15, 0.2) is 0 Å². The fourth-order valence-electron chi connectivity index (χ4n) is 0.942. The zero-order chi connectivity index (χ0) is 11.7. The molecular weight excluding hydrogens is 196 g/mol. The molecule has 1 unspecified atom stereocenters. The first-order valence-corrected chi connectivity index (χ1v) is 4.78. The van der Waals surface area contributed by atoms with E-state index in [1.807, 2.05) is 6.92 Å². The first kappa shape index (κ1) is 13.5. The first-order valence-electron chi connectivity index (χ1n) is 4.78. The minimum atomic E-state index is -1.11. The van der Waals surface area contributed by atoms with E-state index in [-0.39, 0.29) is 18.9 Å². The van der Waals surface area contributed by atoms with E-state index in [0.717, 1.165) is 13.0 Å². The van der Waals surface area contributed by atoms with E-state index < -0.39 is 12.0 Å². The molecule has 3 N–H and O–H groups in total. The van der Waals surface area contributed by atoms with Crippen LogP contribution in [0.4, 0.5) is 0 Å². The molecular formula is C10H16N2O3. The van der Waals surface area contributed by atoms with Gasteiger partial charge in [0.1, 0.15) is 6.04 Å². The van der Waals surface area contributed by atoms with E-state index in [0.29, 0.717) is 0 Å². The van der Waals surface area contributed by atoms with E-state index in [1.54, 1.807) is 0 Å². The molecule has 0 rings (SSSR count). The number of carbonyl (C=O) groups excluding carboxylic acids is 1. The number of rotatable bonds is 7. The quantitative estimate of drug-likeness (QED) is 0.395. The van der Waals surface area contributed by atoms with Crippen molar-refractivity contribution in [2.75, 3.05) is 13.1 Å². The van der Waals surface area contributed by atoms with Crippen LogP contribution >= 0.6 is 0 Å². The monoisotopic (exact) mass is 212 g/mol. The molecule has 0 heterocycles. The van der Waals surface area contributed by atoms with Gasteiger partial charge >= 0.3 is 5.97 Å². The number of aliphatic carboxylic acids is 1. The molecule has 0 aromatic heterocycles. The average molecular weight is 212 g/mol. The third-order valence-corrected chi connectivity index (χ3v) is 1.67. The van der Waals surface area contributed by atoms with Crippen molar-refractivity contribution in [2.45, 2.75) is 25.8 Å². The third-order valence-electron chi connectivity index (χ3n) is 1.67. The van der Waals surface area contributed by atoms with E-state index in [9.17, 15) is 9.59 Å². The predicted molar refractivity (Wildman–Crippen MR) is 56.2 cm³/mol. The molecule has 0 spiro atoms. The molecule has 15 heavy (non-hydrogen) atoms. The van der Waals surface area contributed by atoms with Gasteiger partial charge < -0.3 is 15.7 Å². The number of hydrogen-bond donors (Lipinski definition) is 3. The van der Waals surface area contributed by atoms with E-state index in [4.69, 9.17) is 11.5 Å². The summed E-state index contributed by atoms with van der Waals surface area (Å²) < 4.78 is 0. The van der Waals surface area contributed by atoms with Crippen LogP contribution in [-0.4, -0.2) is 36.1 Å². The average Bonchev–Trinajstić information content (AvgIpc) is 2.17. The molecule has 5 nitrogen and oxygen atoms in total. The molecule has 0 aromatic carbocycles. The van der Waals surface area contributed by atoms with Crippen molar-refractivity contribution in [3.8, 4) is 12.3 Å². The molecule has 84 valence electrons. The number of amides is 1. The highest BCUT2D eigenvalue weighted by Crippen LogP contribution is 1.90. The summed E-state index contributed by atoms with van der Waals surface area (Å²) in [6.07, 6.45) is 5.90. The van der Waals surface area contributed by atoms with Crippen LogP contribution in [0.1, 0.15) is 19.8 Å². The smallest absolute Gasteiger partial charge is 0.327 e. The molecule has 0 aliphatic rings. The first-order chi connectivity index (χ1) is 7.11. The van der Waals surface area contributed by atoms with Crippen molar-refractivity contribution in [3.63, 3.8) is 0 Å². The van der Waals surface area contributed by atoms with Gasteiger partial charge in [-0.2, -0.15) is 0 Å². The zero-order valence-electron chi connectivity index (χ0n) is 8.75. The predicted octanol–water partition coefficient (Wildman–Crippen LogP) is -0.421. The Morgan fingerprint density at radius 3 is 2.67 bits per heavy atom. The molecule has 0 bridgehead atoms. The maximum atomic E-state index is 11.2. The summed E-state index contributed by atoms with van der Waals surface area (Å²) >= 11 is 0. The summed E-state index contributed by atoms with van der Waals surface area (Å²) in [4.78, 5) is 21.8. The molecule has 0 fully saturated rings. The molecule has 1 amide bonds. The topological polar surface area (TPSA) is 78.4 Å². The number of carboxylic acids is 1. The van der Waals surface area contributed by atoms with Crippen LogP contribution in [0.5, 0.6) is 0 Å². The minimum absolute atomic E-state index is 0.00511. The Balaban J connectivity index is 3.90. The van der Waals surface area contributed by atoms with Crippen LogP contribution in [0.2, 0.25) is 0 Å². The number of carboxylic acid groups (broad SMARTS) is 1. The van der Waals surface area contributed by atoms with Crippen LogP contribution in [0.25, 0.3) is 0 Å². The zero-order valence-corrected chi connectivity index (χ0v) is 8.75. The SMILES string of the molecule is C#CCC(NC(=O)CNCCC)C(=O)O. The molecule has 0 saturated heterocycles. The second kappa shape index (κ2) is 7.83. The second-order valence-corrected chi connectivity index (χ2v) is 3.04. The fraction of sp³-hybridized carbons (Fsp3) is 0.600. The Labute approximate surface area is 89.2 Å². The Kier molecular flexibility index (Phi) is 7.02. The van der Waals surface area contributed by atoms with Gasteiger partial charge in [-0.1, -0.05) is 6.92 Å². The highest BCUT2D eigenvalue weighted by atomic mass is 16.4. The van der Waals surface area contributed by atoms with Gasteiger partial charge in [0, 0.05) is 6.42 Å². The summed E-state index contributed by atoms with van der Waals surface area (Å²) in [6.45, 7) is 2.81. The summed E-state index contributed by atoms with van der Waals surface area (Å²) in [5.41, 5.74) is 0. The lowest BCUT2D eigenvalue weighted by molar-refractivity contribution is -0.141. The molecule has 0 aromatic rings. The van der Waals surface area contributed by atoms with Crippen LogP contribution in [0, 0.1) is 12.3 Å². The molecule has 0 aliphatic carbocycles. The number of hydrogen-bond acceptors (Lipinski definition) is 3. The Morgan fingerprint density at radius 1 is 1.53 bits per heavy atom. The maximum absolute atomic E-state index is 11.2. The third kappa shape index (κ3) is 6.52. The fourth-order valence-corrected chi connectivity index (χ4v) is 0.942. The number of carbonyl (C=O) groups is 2. The van der Waals surface area contributed by atoms with Crippen LogP contribution in [0.3, 0.4) is 0 Å². The van der Waals surface area contributed by atoms with Gasteiger partial charge in [-0.15, -0.1) is 12.3 Å². The van der Waals surface area contributed by atoms with Crippen molar-refractivity contribution in [2.24, 2.45) is 0 Å². The van der Waals surface area contributed by atoms with Gasteiger partial charge in [0.05, 0.1) is 6.54 Å². The summed E-state index contributed by atoms with van der Waals surface area (Å²) in [6, 6.07) is -0.995.